The summed E-state index contributed by atoms with van der Waals surface area (Å²) in [7, 11) is 1.48. The number of carbonyl (C=O) groups is 1. The first-order valence-electron chi connectivity index (χ1n) is 12.3. The van der Waals surface area contributed by atoms with Crippen LogP contribution in [0.25, 0.3) is 11.1 Å². The number of piperazine rings is 1. The fourth-order valence-corrected chi connectivity index (χ4v) is 4.89. The molecule has 0 radical (unpaired) electrons. The normalized spacial score (nSPS) is 16.1. The molecule has 0 amide bonds. The molecule has 1 atom stereocenters. The first-order valence-corrected chi connectivity index (χ1v) is 12.3. The molecule has 0 spiro atoms. The number of hydrogen-bond donors (Lipinski definition) is 0. The number of hydrogen-bond acceptors (Lipinski definition) is 4. The van der Waals surface area contributed by atoms with Crippen LogP contribution in [0.15, 0.2) is 78.9 Å². The molecule has 34 heavy (non-hydrogen) atoms. The highest BCUT2D eigenvalue weighted by Crippen LogP contribution is 2.31. The van der Waals surface area contributed by atoms with Gasteiger partial charge in [-0.2, -0.15) is 0 Å². The van der Waals surface area contributed by atoms with Crippen LogP contribution in [0, 0.1) is 6.92 Å². The zero-order valence-corrected chi connectivity index (χ0v) is 20.7. The largest absolute Gasteiger partial charge is 0.468 e. The predicted molar refractivity (Wildman–Crippen MR) is 140 cm³/mol. The monoisotopic (exact) mass is 456 g/mol. The van der Waals surface area contributed by atoms with Gasteiger partial charge in [0.15, 0.2) is 0 Å². The summed E-state index contributed by atoms with van der Waals surface area (Å²) in [5.41, 5.74) is 5.52. The fraction of sp³-hybridized carbons (Fsp3) is 0.367. The second kappa shape index (κ2) is 10.9. The number of esters is 1. The molecule has 4 heteroatoms. The van der Waals surface area contributed by atoms with Crippen molar-refractivity contribution >= 4 is 11.7 Å². The summed E-state index contributed by atoms with van der Waals surface area (Å²) in [6, 6.07) is 27.7. The standard InChI is InChI=1S/C30H36N2O2/c1-24-10-12-25(13-11-24)26-14-16-28(17-15-26)32-22-20-31(21-23-32)19-7-18-30(2,29(33)34-3)27-8-5-4-6-9-27/h4-6,8-17H,7,18-23H2,1-3H3. The molecule has 0 saturated carbocycles. The summed E-state index contributed by atoms with van der Waals surface area (Å²) >= 11 is 0. The van der Waals surface area contributed by atoms with E-state index in [2.05, 4.69) is 65.3 Å². The summed E-state index contributed by atoms with van der Waals surface area (Å²) in [6.45, 7) is 9.26. The Balaban J connectivity index is 1.28. The second-order valence-electron chi connectivity index (χ2n) is 9.53. The number of nitrogens with zero attached hydrogens (tertiary/aromatic N) is 2. The average molecular weight is 457 g/mol. The lowest BCUT2D eigenvalue weighted by Gasteiger charge is -2.36. The molecular weight excluding hydrogens is 420 g/mol. The van der Waals surface area contributed by atoms with E-state index in [9.17, 15) is 4.79 Å². The zero-order valence-electron chi connectivity index (χ0n) is 20.7. The molecule has 0 bridgehead atoms. The molecule has 1 aliphatic rings. The molecule has 1 aliphatic heterocycles. The summed E-state index contributed by atoms with van der Waals surface area (Å²) in [6.07, 6.45) is 1.75. The Morgan fingerprint density at radius 3 is 2.03 bits per heavy atom. The molecule has 1 unspecified atom stereocenters. The highest BCUT2D eigenvalue weighted by Gasteiger charge is 2.36. The summed E-state index contributed by atoms with van der Waals surface area (Å²) in [4.78, 5) is 17.6. The maximum Gasteiger partial charge on any atom is 0.315 e. The van der Waals surface area contributed by atoms with E-state index in [-0.39, 0.29) is 5.97 Å². The molecule has 1 heterocycles. The van der Waals surface area contributed by atoms with Crippen molar-refractivity contribution in [1.82, 2.24) is 4.90 Å². The third kappa shape index (κ3) is 5.51. The van der Waals surface area contributed by atoms with Gasteiger partial charge in [-0.25, -0.2) is 0 Å². The Labute approximate surface area is 204 Å². The quantitative estimate of drug-likeness (QED) is 0.407. The van der Waals surface area contributed by atoms with Crippen molar-refractivity contribution in [3.8, 4) is 11.1 Å². The van der Waals surface area contributed by atoms with Gasteiger partial charge < -0.3 is 9.64 Å². The van der Waals surface area contributed by atoms with Crippen LogP contribution >= 0.6 is 0 Å². The zero-order chi connectivity index (χ0) is 24.0. The van der Waals surface area contributed by atoms with Crippen LogP contribution in [0.3, 0.4) is 0 Å². The maximum atomic E-state index is 12.6. The Morgan fingerprint density at radius 2 is 1.44 bits per heavy atom. The highest BCUT2D eigenvalue weighted by molar-refractivity contribution is 5.82. The highest BCUT2D eigenvalue weighted by atomic mass is 16.5. The van der Waals surface area contributed by atoms with Gasteiger partial charge in [-0.05, 0) is 62.1 Å². The van der Waals surface area contributed by atoms with Crippen molar-refractivity contribution in [2.45, 2.75) is 32.1 Å². The van der Waals surface area contributed by atoms with Gasteiger partial charge in [0.1, 0.15) is 0 Å². The van der Waals surface area contributed by atoms with Crippen molar-refractivity contribution < 1.29 is 9.53 Å². The van der Waals surface area contributed by atoms with Crippen LogP contribution < -0.4 is 4.90 Å². The molecule has 3 aromatic carbocycles. The fourth-order valence-electron chi connectivity index (χ4n) is 4.89. The number of methoxy groups -OCH3 is 1. The summed E-state index contributed by atoms with van der Waals surface area (Å²) in [5.74, 6) is -0.155. The number of ether oxygens (including phenoxy) is 1. The van der Waals surface area contributed by atoms with Crippen molar-refractivity contribution in [1.29, 1.82) is 0 Å². The second-order valence-corrected chi connectivity index (χ2v) is 9.53. The van der Waals surface area contributed by atoms with E-state index in [0.29, 0.717) is 0 Å². The third-order valence-corrected chi connectivity index (χ3v) is 7.19. The van der Waals surface area contributed by atoms with E-state index in [1.54, 1.807) is 0 Å². The van der Waals surface area contributed by atoms with Gasteiger partial charge in [0.2, 0.25) is 0 Å². The van der Waals surface area contributed by atoms with E-state index in [1.807, 2.05) is 37.3 Å². The first-order chi connectivity index (χ1) is 16.5. The van der Waals surface area contributed by atoms with E-state index in [4.69, 9.17) is 4.74 Å². The topological polar surface area (TPSA) is 32.8 Å². The smallest absolute Gasteiger partial charge is 0.315 e. The van der Waals surface area contributed by atoms with E-state index < -0.39 is 5.41 Å². The average Bonchev–Trinajstić information content (AvgIpc) is 2.89. The van der Waals surface area contributed by atoms with Crippen LogP contribution in [0.5, 0.6) is 0 Å². The molecule has 0 aromatic heterocycles. The summed E-state index contributed by atoms with van der Waals surface area (Å²) in [5, 5.41) is 0. The van der Waals surface area contributed by atoms with Gasteiger partial charge >= 0.3 is 5.97 Å². The molecule has 4 nitrogen and oxygen atoms in total. The van der Waals surface area contributed by atoms with E-state index in [1.165, 1.54) is 29.5 Å². The SMILES string of the molecule is COC(=O)C(C)(CCCN1CCN(c2ccc(-c3ccc(C)cc3)cc2)CC1)c1ccccc1. The summed E-state index contributed by atoms with van der Waals surface area (Å²) < 4.78 is 5.16. The minimum absolute atomic E-state index is 0.155. The Hall–Kier alpha value is -3.11. The van der Waals surface area contributed by atoms with Gasteiger partial charge in [0.25, 0.3) is 0 Å². The van der Waals surface area contributed by atoms with E-state index >= 15 is 0 Å². The lowest BCUT2D eigenvalue weighted by Crippen LogP contribution is -2.47. The Kier molecular flexibility index (Phi) is 7.69. The molecule has 0 N–H and O–H groups in total. The number of anilines is 1. The van der Waals surface area contributed by atoms with Gasteiger partial charge in [-0.3, -0.25) is 9.69 Å². The molecule has 4 rings (SSSR count). The van der Waals surface area contributed by atoms with Crippen LogP contribution in [-0.2, 0) is 14.9 Å². The molecule has 178 valence electrons. The minimum Gasteiger partial charge on any atom is -0.468 e. The van der Waals surface area contributed by atoms with Crippen molar-refractivity contribution in [3.05, 3.63) is 90.0 Å². The lowest BCUT2D eigenvalue weighted by atomic mass is 9.78. The molecule has 3 aromatic rings. The number of rotatable bonds is 8. The predicted octanol–water partition coefficient (Wildman–Crippen LogP) is 5.70. The van der Waals surface area contributed by atoms with Crippen LogP contribution in [0.2, 0.25) is 0 Å². The molecule has 0 aliphatic carbocycles. The first kappa shape index (κ1) is 24.0. The van der Waals surface area contributed by atoms with Gasteiger partial charge in [-0.15, -0.1) is 0 Å². The molecule has 1 fully saturated rings. The van der Waals surface area contributed by atoms with Crippen molar-refractivity contribution in [3.63, 3.8) is 0 Å². The van der Waals surface area contributed by atoms with Gasteiger partial charge in [0, 0.05) is 31.9 Å². The van der Waals surface area contributed by atoms with Crippen LogP contribution in [0.1, 0.15) is 30.9 Å². The number of carbonyl (C=O) groups excluding carboxylic acids is 1. The lowest BCUT2D eigenvalue weighted by molar-refractivity contribution is -0.147. The number of benzene rings is 3. The third-order valence-electron chi connectivity index (χ3n) is 7.19. The number of aryl methyl sites for hydroxylation is 1. The van der Waals surface area contributed by atoms with Crippen LogP contribution in [-0.4, -0.2) is 50.7 Å². The van der Waals surface area contributed by atoms with Crippen molar-refractivity contribution in [2.24, 2.45) is 0 Å². The van der Waals surface area contributed by atoms with E-state index in [0.717, 1.165) is 51.1 Å². The van der Waals surface area contributed by atoms with Crippen molar-refractivity contribution in [2.75, 3.05) is 44.7 Å². The minimum atomic E-state index is -0.600. The molecular formula is C30H36N2O2. The Bertz CT molecular complexity index is 1060. The Morgan fingerprint density at radius 1 is 0.853 bits per heavy atom. The van der Waals surface area contributed by atoms with Gasteiger partial charge in [0.05, 0.1) is 12.5 Å². The maximum absolute atomic E-state index is 12.6. The van der Waals surface area contributed by atoms with Gasteiger partial charge in [-0.1, -0.05) is 72.3 Å². The van der Waals surface area contributed by atoms with Crippen LogP contribution in [0.4, 0.5) is 5.69 Å². The molecule has 1 saturated heterocycles.